The molecular weight excluding hydrogens is 368 g/mol. The Balaban J connectivity index is 2.04. The molecule has 0 aromatic rings. The van der Waals surface area contributed by atoms with E-state index in [9.17, 15) is 14.7 Å². The average molecular weight is 411 g/mol. The van der Waals surface area contributed by atoms with Gasteiger partial charge in [-0.25, -0.2) is 0 Å². The third kappa shape index (κ3) is 6.70. The summed E-state index contributed by atoms with van der Waals surface area (Å²) in [5.74, 6) is 1.57. The first-order valence-corrected chi connectivity index (χ1v) is 11.7. The predicted octanol–water partition coefficient (Wildman–Crippen LogP) is 4.89. The Labute approximate surface area is 176 Å². The highest BCUT2D eigenvalue weighted by molar-refractivity contribution is 5.75. The first-order valence-electron chi connectivity index (χ1n) is 11.7. The van der Waals surface area contributed by atoms with Crippen molar-refractivity contribution in [3.8, 4) is 0 Å². The molecule has 2 aliphatic rings. The molecule has 5 nitrogen and oxygen atoms in total. The summed E-state index contributed by atoms with van der Waals surface area (Å²) in [6.07, 6.45) is 7.09. The highest BCUT2D eigenvalue weighted by Crippen LogP contribution is 2.44. The Morgan fingerprint density at radius 3 is 2.52 bits per heavy atom. The Kier molecular flexibility index (Phi) is 8.99. The lowest BCUT2D eigenvalue weighted by molar-refractivity contribution is -0.162. The highest BCUT2D eigenvalue weighted by atomic mass is 16.5. The summed E-state index contributed by atoms with van der Waals surface area (Å²) < 4.78 is 11.3. The van der Waals surface area contributed by atoms with Crippen molar-refractivity contribution in [3.63, 3.8) is 0 Å². The van der Waals surface area contributed by atoms with Gasteiger partial charge in [-0.05, 0) is 63.2 Å². The van der Waals surface area contributed by atoms with Gasteiger partial charge in [-0.1, -0.05) is 40.0 Å². The van der Waals surface area contributed by atoms with Gasteiger partial charge in [-0.15, -0.1) is 0 Å². The summed E-state index contributed by atoms with van der Waals surface area (Å²) in [4.78, 5) is 24.2. The van der Waals surface area contributed by atoms with E-state index in [1.807, 2.05) is 20.8 Å². The molecule has 0 spiro atoms. The smallest absolute Gasteiger partial charge is 0.311 e. The van der Waals surface area contributed by atoms with E-state index in [4.69, 9.17) is 9.47 Å². The number of hydrogen-bond acceptors (Lipinski definition) is 5. The molecule has 1 N–H and O–H groups in total. The number of cyclic esters (lactones) is 1. The molecule has 1 aliphatic heterocycles. The lowest BCUT2D eigenvalue weighted by Crippen LogP contribution is -2.39. The minimum atomic E-state index is -0.578. The molecule has 1 aliphatic carbocycles. The van der Waals surface area contributed by atoms with Crippen LogP contribution in [0.3, 0.4) is 0 Å². The molecule has 2 rings (SSSR count). The first-order chi connectivity index (χ1) is 13.7. The molecule has 1 saturated heterocycles. The maximum atomic E-state index is 12.6. The summed E-state index contributed by atoms with van der Waals surface area (Å²) in [5.41, 5.74) is -0.442. The van der Waals surface area contributed by atoms with Gasteiger partial charge in [0.15, 0.2) is 0 Å². The number of ether oxygens (including phenoxy) is 2. The zero-order chi connectivity index (χ0) is 21.6. The molecule has 0 aromatic carbocycles. The Bertz CT molecular complexity index is 543. The zero-order valence-electron chi connectivity index (χ0n) is 19.1. The van der Waals surface area contributed by atoms with E-state index in [2.05, 4.69) is 13.8 Å². The van der Waals surface area contributed by atoms with Gasteiger partial charge < -0.3 is 14.6 Å². The van der Waals surface area contributed by atoms with Crippen molar-refractivity contribution < 1.29 is 24.2 Å². The van der Waals surface area contributed by atoms with Crippen molar-refractivity contribution in [2.24, 2.45) is 29.1 Å². The van der Waals surface area contributed by atoms with Crippen LogP contribution in [0.15, 0.2) is 0 Å². The van der Waals surface area contributed by atoms with Gasteiger partial charge in [0.25, 0.3) is 0 Å². The van der Waals surface area contributed by atoms with Gasteiger partial charge in [0.05, 0.1) is 24.5 Å². The fourth-order valence-corrected chi connectivity index (χ4v) is 5.09. The van der Waals surface area contributed by atoms with Crippen LogP contribution in [0.5, 0.6) is 0 Å². The van der Waals surface area contributed by atoms with E-state index in [0.29, 0.717) is 36.7 Å². The molecule has 0 aromatic heterocycles. The molecular formula is C24H42O5. The Morgan fingerprint density at radius 1 is 1.17 bits per heavy atom. The summed E-state index contributed by atoms with van der Waals surface area (Å²) in [7, 11) is 0. The zero-order valence-corrected chi connectivity index (χ0v) is 19.1. The highest BCUT2D eigenvalue weighted by Gasteiger charge is 2.39. The summed E-state index contributed by atoms with van der Waals surface area (Å²) in [6, 6.07) is 0. The van der Waals surface area contributed by atoms with Gasteiger partial charge in [0, 0.05) is 6.42 Å². The molecule has 1 saturated carbocycles. The van der Waals surface area contributed by atoms with E-state index < -0.39 is 11.5 Å². The minimum absolute atomic E-state index is 0.100. The third-order valence-corrected chi connectivity index (χ3v) is 7.44. The van der Waals surface area contributed by atoms with E-state index in [-0.39, 0.29) is 24.5 Å². The van der Waals surface area contributed by atoms with Crippen molar-refractivity contribution in [1.29, 1.82) is 0 Å². The molecule has 1 unspecified atom stereocenters. The summed E-state index contributed by atoms with van der Waals surface area (Å²) >= 11 is 0. The van der Waals surface area contributed by atoms with Crippen molar-refractivity contribution in [1.82, 2.24) is 0 Å². The van der Waals surface area contributed by atoms with E-state index >= 15 is 0 Å². The molecule has 0 bridgehead atoms. The van der Waals surface area contributed by atoms with Crippen molar-refractivity contribution in [2.45, 2.75) is 105 Å². The van der Waals surface area contributed by atoms with Crippen LogP contribution in [-0.2, 0) is 19.1 Å². The Morgan fingerprint density at radius 2 is 1.90 bits per heavy atom. The molecule has 1 heterocycles. The molecule has 2 fully saturated rings. The number of aliphatic hydroxyl groups excluding tert-OH is 1. The van der Waals surface area contributed by atoms with Crippen LogP contribution in [0.2, 0.25) is 0 Å². The van der Waals surface area contributed by atoms with Gasteiger partial charge in [-0.2, -0.15) is 0 Å². The normalized spacial score (nSPS) is 33.2. The lowest BCUT2D eigenvalue weighted by Gasteiger charge is -2.43. The largest absolute Gasteiger partial charge is 0.465 e. The molecule has 168 valence electrons. The van der Waals surface area contributed by atoms with E-state index in [0.717, 1.165) is 25.7 Å². The molecule has 0 radical (unpaired) electrons. The lowest BCUT2D eigenvalue weighted by atomic mass is 9.64. The van der Waals surface area contributed by atoms with Gasteiger partial charge in [-0.3, -0.25) is 9.59 Å². The standard InChI is InChI=1S/C24H42O5/c1-6-8-17-10-9-16(3)20(12-11-19-13-18(25)14-22(26)29-19)21(17)15-28-23(27)24(4,5)7-2/h16-21,25H,6-15H2,1-5H3/t16-,17+,18+,19?,20-,21-/m0/s1. The molecule has 6 atom stereocenters. The van der Waals surface area contributed by atoms with E-state index in [1.165, 1.54) is 19.3 Å². The number of carbonyl (C=O) groups excluding carboxylic acids is 2. The van der Waals surface area contributed by atoms with Crippen LogP contribution in [0.25, 0.3) is 0 Å². The van der Waals surface area contributed by atoms with Gasteiger partial charge in [0.2, 0.25) is 0 Å². The second-order valence-electron chi connectivity index (χ2n) is 10.0. The number of carbonyl (C=O) groups is 2. The topological polar surface area (TPSA) is 72.8 Å². The molecule has 5 heteroatoms. The summed E-state index contributed by atoms with van der Waals surface area (Å²) in [5, 5.41) is 9.89. The van der Waals surface area contributed by atoms with Gasteiger partial charge >= 0.3 is 11.9 Å². The monoisotopic (exact) mass is 410 g/mol. The van der Waals surface area contributed by atoms with Crippen molar-refractivity contribution >= 4 is 11.9 Å². The SMILES string of the molecule is CCC[C@@H]1CC[C@H](C)[C@H](CCC2C[C@@H](O)CC(=O)O2)[C@H]1COC(=O)C(C)(C)CC. The van der Waals surface area contributed by atoms with Crippen LogP contribution < -0.4 is 0 Å². The molecule has 29 heavy (non-hydrogen) atoms. The van der Waals surface area contributed by atoms with Crippen LogP contribution >= 0.6 is 0 Å². The quantitative estimate of drug-likeness (QED) is 0.548. The first kappa shape index (κ1) is 24.2. The van der Waals surface area contributed by atoms with Crippen molar-refractivity contribution in [3.05, 3.63) is 0 Å². The average Bonchev–Trinajstić information content (AvgIpc) is 2.66. The van der Waals surface area contributed by atoms with Crippen LogP contribution in [0.4, 0.5) is 0 Å². The van der Waals surface area contributed by atoms with Crippen molar-refractivity contribution in [2.75, 3.05) is 6.61 Å². The van der Waals surface area contributed by atoms with E-state index in [1.54, 1.807) is 0 Å². The maximum Gasteiger partial charge on any atom is 0.311 e. The second kappa shape index (κ2) is 10.8. The van der Waals surface area contributed by atoms with Crippen LogP contribution in [-0.4, -0.2) is 35.9 Å². The van der Waals surface area contributed by atoms with Gasteiger partial charge in [0.1, 0.15) is 6.10 Å². The fraction of sp³-hybridized carbons (Fsp3) is 0.917. The number of esters is 2. The second-order valence-corrected chi connectivity index (χ2v) is 10.0. The number of hydrogen-bond donors (Lipinski definition) is 1. The minimum Gasteiger partial charge on any atom is -0.465 e. The van der Waals surface area contributed by atoms with Crippen LogP contribution in [0.1, 0.15) is 92.4 Å². The summed E-state index contributed by atoms with van der Waals surface area (Å²) in [6.45, 7) is 10.9. The number of aliphatic hydroxyl groups is 1. The predicted molar refractivity (Wildman–Crippen MR) is 113 cm³/mol. The molecule has 0 amide bonds. The van der Waals surface area contributed by atoms with Crippen LogP contribution in [0, 0.1) is 29.1 Å². The maximum absolute atomic E-state index is 12.6. The Hall–Kier alpha value is -1.10. The third-order valence-electron chi connectivity index (χ3n) is 7.44. The number of rotatable bonds is 9. The fourth-order valence-electron chi connectivity index (χ4n) is 5.09.